The average molecular weight is 582 g/mol. The van der Waals surface area contributed by atoms with E-state index in [-0.39, 0.29) is 21.1 Å². The maximum Gasteiger partial charge on any atom is 2.00 e. The first-order valence-corrected chi connectivity index (χ1v) is 9.70. The van der Waals surface area contributed by atoms with Crippen LogP contribution in [0.2, 0.25) is 0 Å². The number of pyridine rings is 1. The van der Waals surface area contributed by atoms with Crippen LogP contribution in [0.3, 0.4) is 0 Å². The van der Waals surface area contributed by atoms with Gasteiger partial charge in [0.15, 0.2) is 5.82 Å². The SMILES string of the molecule is [Pt+2].[c-]1ccccc1-c1cccc(N(c2ccccc2)c2ccn(-c3[c-]cccc3)n2)n1. The molecule has 0 amide bonds. The molecule has 0 bridgehead atoms. The Morgan fingerprint density at radius 1 is 0.677 bits per heavy atom. The monoisotopic (exact) mass is 581 g/mol. The first-order chi connectivity index (χ1) is 14.9. The van der Waals surface area contributed by atoms with Crippen LogP contribution in [0.15, 0.2) is 109 Å². The van der Waals surface area contributed by atoms with Crippen molar-refractivity contribution in [1.82, 2.24) is 14.8 Å². The Hall–Kier alpha value is -3.49. The van der Waals surface area contributed by atoms with Crippen LogP contribution in [-0.4, -0.2) is 14.8 Å². The van der Waals surface area contributed by atoms with E-state index < -0.39 is 0 Å². The third-order valence-electron chi connectivity index (χ3n) is 4.71. The van der Waals surface area contributed by atoms with Crippen LogP contribution >= 0.6 is 0 Å². The molecule has 0 atom stereocenters. The minimum Gasteiger partial charge on any atom is -0.280 e. The van der Waals surface area contributed by atoms with E-state index in [2.05, 4.69) is 24.3 Å². The second kappa shape index (κ2) is 9.55. The number of benzene rings is 3. The second-order valence-electron chi connectivity index (χ2n) is 6.69. The molecule has 5 rings (SSSR count). The van der Waals surface area contributed by atoms with Crippen LogP contribution in [-0.2, 0) is 21.1 Å². The molecule has 0 aliphatic rings. The Morgan fingerprint density at radius 3 is 2.19 bits per heavy atom. The summed E-state index contributed by atoms with van der Waals surface area (Å²) in [5.41, 5.74) is 3.69. The van der Waals surface area contributed by atoms with E-state index >= 15 is 0 Å². The van der Waals surface area contributed by atoms with Gasteiger partial charge in [-0.15, -0.1) is 42.0 Å². The molecule has 152 valence electrons. The Bertz CT molecular complexity index is 1240. The molecule has 4 nitrogen and oxygen atoms in total. The summed E-state index contributed by atoms with van der Waals surface area (Å²) in [6.07, 6.45) is 1.94. The van der Waals surface area contributed by atoms with Crippen molar-refractivity contribution in [2.75, 3.05) is 4.90 Å². The molecule has 0 saturated heterocycles. The van der Waals surface area contributed by atoms with Crippen LogP contribution in [0.5, 0.6) is 0 Å². The van der Waals surface area contributed by atoms with Gasteiger partial charge >= 0.3 is 21.1 Å². The van der Waals surface area contributed by atoms with Crippen molar-refractivity contribution in [1.29, 1.82) is 0 Å². The molecular formula is C26H18N4Pt. The topological polar surface area (TPSA) is 34.0 Å². The summed E-state index contributed by atoms with van der Waals surface area (Å²) in [5, 5.41) is 4.80. The molecule has 5 heteroatoms. The number of nitrogens with zero attached hydrogens (tertiary/aromatic N) is 4. The summed E-state index contributed by atoms with van der Waals surface area (Å²) in [5.74, 6) is 1.57. The maximum absolute atomic E-state index is 4.92. The summed E-state index contributed by atoms with van der Waals surface area (Å²) in [7, 11) is 0. The van der Waals surface area contributed by atoms with Gasteiger partial charge in [0.25, 0.3) is 0 Å². The van der Waals surface area contributed by atoms with E-state index in [0.29, 0.717) is 0 Å². The second-order valence-corrected chi connectivity index (χ2v) is 6.69. The van der Waals surface area contributed by atoms with Crippen LogP contribution in [0.1, 0.15) is 0 Å². The first kappa shape index (κ1) is 20.8. The number of para-hydroxylation sites is 2. The average Bonchev–Trinajstić information content (AvgIpc) is 3.31. The van der Waals surface area contributed by atoms with Gasteiger partial charge in [-0.1, -0.05) is 30.3 Å². The van der Waals surface area contributed by atoms with E-state index in [0.717, 1.165) is 34.3 Å². The summed E-state index contributed by atoms with van der Waals surface area (Å²) < 4.78 is 1.82. The van der Waals surface area contributed by atoms with Crippen LogP contribution in [0.4, 0.5) is 17.3 Å². The predicted molar refractivity (Wildman–Crippen MR) is 119 cm³/mol. The van der Waals surface area contributed by atoms with E-state index in [1.54, 1.807) is 0 Å². The molecule has 2 aromatic heterocycles. The number of anilines is 3. The summed E-state index contributed by atoms with van der Waals surface area (Å²) in [6, 6.07) is 40.2. The van der Waals surface area contributed by atoms with Crippen molar-refractivity contribution in [3.63, 3.8) is 0 Å². The molecule has 0 aliphatic carbocycles. The quantitative estimate of drug-likeness (QED) is 0.239. The van der Waals surface area contributed by atoms with Gasteiger partial charge in [0.2, 0.25) is 0 Å². The maximum atomic E-state index is 4.92. The number of aromatic nitrogens is 3. The van der Waals surface area contributed by atoms with Gasteiger partial charge in [-0.25, -0.2) is 0 Å². The molecule has 2 heterocycles. The van der Waals surface area contributed by atoms with Gasteiger partial charge in [0.05, 0.1) is 0 Å². The van der Waals surface area contributed by atoms with E-state index in [9.17, 15) is 0 Å². The molecule has 0 spiro atoms. The molecule has 0 aliphatic heterocycles. The van der Waals surface area contributed by atoms with Gasteiger partial charge in [-0.05, 0) is 29.6 Å². The molecular weight excluding hydrogens is 563 g/mol. The smallest absolute Gasteiger partial charge is 0.280 e. The number of hydrogen-bond donors (Lipinski definition) is 0. The molecule has 0 radical (unpaired) electrons. The first-order valence-electron chi connectivity index (χ1n) is 9.70. The minimum absolute atomic E-state index is 0. The fourth-order valence-corrected chi connectivity index (χ4v) is 3.30. The van der Waals surface area contributed by atoms with E-state index in [1.807, 2.05) is 107 Å². The minimum atomic E-state index is 0. The molecule has 5 aromatic rings. The summed E-state index contributed by atoms with van der Waals surface area (Å²) in [4.78, 5) is 6.96. The van der Waals surface area contributed by atoms with Gasteiger partial charge in [-0.2, -0.15) is 29.4 Å². The van der Waals surface area contributed by atoms with Crippen molar-refractivity contribution < 1.29 is 21.1 Å². The summed E-state index contributed by atoms with van der Waals surface area (Å²) >= 11 is 0. The van der Waals surface area contributed by atoms with Crippen LogP contribution in [0, 0.1) is 12.1 Å². The Morgan fingerprint density at radius 2 is 1.45 bits per heavy atom. The van der Waals surface area contributed by atoms with Gasteiger partial charge in [0, 0.05) is 18.0 Å². The Balaban J connectivity index is 0.00000231. The van der Waals surface area contributed by atoms with Gasteiger partial charge in [0.1, 0.15) is 5.82 Å². The van der Waals surface area contributed by atoms with Crippen molar-refractivity contribution in [2.24, 2.45) is 0 Å². The normalized spacial score (nSPS) is 10.3. The third kappa shape index (κ3) is 4.50. The molecule has 0 saturated carbocycles. The Labute approximate surface area is 196 Å². The summed E-state index contributed by atoms with van der Waals surface area (Å²) in [6.45, 7) is 0. The van der Waals surface area contributed by atoms with Gasteiger partial charge in [-0.3, -0.25) is 14.6 Å². The number of hydrogen-bond acceptors (Lipinski definition) is 3. The third-order valence-corrected chi connectivity index (χ3v) is 4.71. The zero-order valence-electron chi connectivity index (χ0n) is 16.5. The van der Waals surface area contributed by atoms with Crippen molar-refractivity contribution >= 4 is 17.3 Å². The van der Waals surface area contributed by atoms with E-state index in [4.69, 9.17) is 10.1 Å². The van der Waals surface area contributed by atoms with Crippen LogP contribution < -0.4 is 4.90 Å². The molecule has 0 unspecified atom stereocenters. The molecule has 0 N–H and O–H groups in total. The van der Waals surface area contributed by atoms with Crippen LogP contribution in [0.25, 0.3) is 16.9 Å². The zero-order chi connectivity index (χ0) is 20.2. The van der Waals surface area contributed by atoms with E-state index in [1.165, 1.54) is 0 Å². The standard InChI is InChI=1S/C26H18N4.Pt/c1-4-11-21(12-5-1)24-17-10-18-25(27-24)30(23-15-8-3-9-16-23)26-19-20-29(28-26)22-13-6-2-7-14-22;/h1-11,13,15-20H;/q-2;+2. The fourth-order valence-electron chi connectivity index (χ4n) is 3.30. The molecule has 0 fully saturated rings. The van der Waals surface area contributed by atoms with Gasteiger partial charge < -0.3 is 0 Å². The largest absolute Gasteiger partial charge is 2.00 e. The molecule has 3 aromatic carbocycles. The zero-order valence-corrected chi connectivity index (χ0v) is 18.8. The number of rotatable bonds is 5. The van der Waals surface area contributed by atoms with Crippen molar-refractivity contribution in [3.05, 3.63) is 121 Å². The molecule has 31 heavy (non-hydrogen) atoms. The fraction of sp³-hybridized carbons (Fsp3) is 0. The predicted octanol–water partition coefficient (Wildman–Crippen LogP) is 6.00. The Kier molecular flexibility index (Phi) is 6.39. The van der Waals surface area contributed by atoms with Crippen molar-refractivity contribution in [3.8, 4) is 16.9 Å². The van der Waals surface area contributed by atoms with Crippen molar-refractivity contribution in [2.45, 2.75) is 0 Å².